The van der Waals surface area contributed by atoms with Gasteiger partial charge in [0.1, 0.15) is 5.76 Å². The quantitative estimate of drug-likeness (QED) is 0.656. The second-order valence-corrected chi connectivity index (χ2v) is 5.62. The van der Waals surface area contributed by atoms with Crippen LogP contribution in [0.1, 0.15) is 18.2 Å². The van der Waals surface area contributed by atoms with Crippen LogP contribution in [0.3, 0.4) is 0 Å². The summed E-state index contributed by atoms with van der Waals surface area (Å²) in [5.74, 6) is 2.68. The maximum atomic E-state index is 11.8. The summed E-state index contributed by atoms with van der Waals surface area (Å²) in [5, 5.41) is 9.00. The van der Waals surface area contributed by atoms with E-state index < -0.39 is 0 Å². The Kier molecular flexibility index (Phi) is 5.88. The summed E-state index contributed by atoms with van der Waals surface area (Å²) < 4.78 is 16.2. The number of urea groups is 1. The van der Waals surface area contributed by atoms with E-state index in [1.807, 2.05) is 37.3 Å². The molecule has 27 heavy (non-hydrogen) atoms. The minimum atomic E-state index is -0.380. The van der Waals surface area contributed by atoms with E-state index in [0.717, 1.165) is 5.56 Å². The van der Waals surface area contributed by atoms with Crippen molar-refractivity contribution in [1.82, 2.24) is 15.5 Å². The van der Waals surface area contributed by atoms with Crippen molar-refractivity contribution in [2.24, 2.45) is 0 Å². The normalized spacial score (nSPS) is 10.3. The topological polar surface area (TPSA) is 98.5 Å². The predicted octanol–water partition coefficient (Wildman–Crippen LogP) is 3.89. The summed E-state index contributed by atoms with van der Waals surface area (Å²) in [6.45, 7) is 4.52. The number of nitrogens with zero attached hydrogens (tertiary/aromatic N) is 2. The number of nitrogens with one attached hydrogen (secondary N) is 2. The maximum absolute atomic E-state index is 11.8. The van der Waals surface area contributed by atoms with E-state index in [-0.39, 0.29) is 6.03 Å². The van der Waals surface area contributed by atoms with Gasteiger partial charge in [-0.3, -0.25) is 5.32 Å². The highest BCUT2D eigenvalue weighted by Gasteiger charge is 2.08. The Morgan fingerprint density at radius 1 is 1.19 bits per heavy atom. The largest absolute Gasteiger partial charge is 0.490 e. The number of hydrogen-bond acceptors (Lipinski definition) is 6. The van der Waals surface area contributed by atoms with Crippen LogP contribution >= 0.6 is 0 Å². The molecule has 2 amide bonds. The zero-order valence-electron chi connectivity index (χ0n) is 15.1. The number of para-hydroxylation sites is 2. The number of aromatic nitrogens is 2. The fourth-order valence-corrected chi connectivity index (χ4v) is 2.27. The number of anilines is 1. The molecule has 0 bridgehead atoms. The standard InChI is InChI=1S/C19H20N4O4/c1-3-25-15-6-4-5-7-16(15)26-18-9-8-14(11-20-18)12-21-19(24)22-17-10-13(2)27-23-17/h4-11H,3,12H2,1-2H3,(H2,21,22,23,24). The summed E-state index contributed by atoms with van der Waals surface area (Å²) in [6, 6.07) is 12.2. The van der Waals surface area contributed by atoms with E-state index in [2.05, 4.69) is 20.8 Å². The molecule has 2 N–H and O–H groups in total. The molecule has 0 aliphatic heterocycles. The van der Waals surface area contributed by atoms with Gasteiger partial charge >= 0.3 is 6.03 Å². The Hall–Kier alpha value is -3.55. The number of ether oxygens (including phenoxy) is 2. The van der Waals surface area contributed by atoms with Crippen molar-refractivity contribution in [2.45, 2.75) is 20.4 Å². The Morgan fingerprint density at radius 3 is 2.67 bits per heavy atom. The van der Waals surface area contributed by atoms with Crippen LogP contribution in [-0.2, 0) is 6.54 Å². The molecule has 0 atom stereocenters. The molecular weight excluding hydrogens is 348 g/mol. The molecule has 0 saturated carbocycles. The highest BCUT2D eigenvalue weighted by Crippen LogP contribution is 2.30. The van der Waals surface area contributed by atoms with Crippen molar-refractivity contribution in [3.05, 3.63) is 60.0 Å². The van der Waals surface area contributed by atoms with Gasteiger partial charge in [-0.2, -0.15) is 0 Å². The summed E-state index contributed by atoms with van der Waals surface area (Å²) in [5.41, 5.74) is 0.826. The molecule has 0 aliphatic carbocycles. The molecule has 0 saturated heterocycles. The lowest BCUT2D eigenvalue weighted by Crippen LogP contribution is -2.28. The zero-order chi connectivity index (χ0) is 19.1. The van der Waals surface area contributed by atoms with Gasteiger partial charge in [0.2, 0.25) is 5.88 Å². The van der Waals surface area contributed by atoms with Crippen LogP contribution in [-0.4, -0.2) is 22.8 Å². The molecule has 1 aromatic carbocycles. The van der Waals surface area contributed by atoms with Gasteiger partial charge in [-0.05, 0) is 31.5 Å². The first kappa shape index (κ1) is 18.2. The van der Waals surface area contributed by atoms with Crippen molar-refractivity contribution < 1.29 is 18.8 Å². The molecule has 140 valence electrons. The van der Waals surface area contributed by atoms with E-state index >= 15 is 0 Å². The molecule has 0 fully saturated rings. The van der Waals surface area contributed by atoms with E-state index in [9.17, 15) is 4.79 Å². The highest BCUT2D eigenvalue weighted by atomic mass is 16.5. The van der Waals surface area contributed by atoms with Gasteiger partial charge in [0, 0.05) is 24.9 Å². The molecule has 8 heteroatoms. The van der Waals surface area contributed by atoms with Crippen molar-refractivity contribution in [3.8, 4) is 17.4 Å². The third kappa shape index (κ3) is 5.21. The molecule has 0 spiro atoms. The minimum absolute atomic E-state index is 0.311. The number of pyridine rings is 1. The van der Waals surface area contributed by atoms with E-state index in [1.54, 1.807) is 25.3 Å². The third-order valence-electron chi connectivity index (χ3n) is 3.48. The van der Waals surface area contributed by atoms with Gasteiger partial charge in [0.25, 0.3) is 0 Å². The number of carbonyl (C=O) groups excluding carboxylic acids is 1. The number of rotatable bonds is 7. The van der Waals surface area contributed by atoms with Crippen molar-refractivity contribution in [3.63, 3.8) is 0 Å². The van der Waals surface area contributed by atoms with E-state index in [0.29, 0.717) is 42.1 Å². The minimum Gasteiger partial charge on any atom is -0.490 e. The summed E-state index contributed by atoms with van der Waals surface area (Å²) in [6.07, 6.45) is 1.64. The Labute approximate surface area is 156 Å². The van der Waals surface area contributed by atoms with Gasteiger partial charge in [0.05, 0.1) is 6.61 Å². The first-order valence-corrected chi connectivity index (χ1v) is 8.47. The molecule has 8 nitrogen and oxygen atoms in total. The smallest absolute Gasteiger partial charge is 0.320 e. The molecule has 3 rings (SSSR count). The highest BCUT2D eigenvalue weighted by molar-refractivity contribution is 5.88. The van der Waals surface area contributed by atoms with Crippen LogP contribution in [0.4, 0.5) is 10.6 Å². The maximum Gasteiger partial charge on any atom is 0.320 e. The monoisotopic (exact) mass is 368 g/mol. The van der Waals surface area contributed by atoms with E-state index in [1.165, 1.54) is 0 Å². The Balaban J connectivity index is 1.53. The SMILES string of the molecule is CCOc1ccccc1Oc1ccc(CNC(=O)Nc2cc(C)on2)cn1. The van der Waals surface area contributed by atoms with Crippen LogP contribution in [0, 0.1) is 6.92 Å². The summed E-state index contributed by atoms with van der Waals surface area (Å²) >= 11 is 0. The van der Waals surface area contributed by atoms with Crippen LogP contribution in [0.2, 0.25) is 0 Å². The second kappa shape index (κ2) is 8.70. The first-order chi connectivity index (χ1) is 13.1. The fourth-order valence-electron chi connectivity index (χ4n) is 2.27. The van der Waals surface area contributed by atoms with Crippen LogP contribution in [0.15, 0.2) is 53.2 Å². The molecule has 2 aromatic heterocycles. The second-order valence-electron chi connectivity index (χ2n) is 5.62. The van der Waals surface area contributed by atoms with Crippen molar-refractivity contribution >= 4 is 11.8 Å². The van der Waals surface area contributed by atoms with Gasteiger partial charge in [-0.25, -0.2) is 9.78 Å². The Morgan fingerprint density at radius 2 is 2.00 bits per heavy atom. The molecule has 2 heterocycles. The molecule has 0 unspecified atom stereocenters. The number of aryl methyl sites for hydroxylation is 1. The van der Waals surface area contributed by atoms with Gasteiger partial charge in [0.15, 0.2) is 17.3 Å². The van der Waals surface area contributed by atoms with Crippen LogP contribution in [0.5, 0.6) is 17.4 Å². The third-order valence-corrected chi connectivity index (χ3v) is 3.48. The summed E-state index contributed by atoms with van der Waals surface area (Å²) in [7, 11) is 0. The number of carbonyl (C=O) groups is 1. The number of amides is 2. The number of hydrogen-bond donors (Lipinski definition) is 2. The lowest BCUT2D eigenvalue weighted by atomic mass is 10.3. The predicted molar refractivity (Wildman–Crippen MR) is 99.0 cm³/mol. The van der Waals surface area contributed by atoms with Crippen molar-refractivity contribution in [2.75, 3.05) is 11.9 Å². The van der Waals surface area contributed by atoms with Gasteiger partial charge in [-0.15, -0.1) is 0 Å². The molecular formula is C19H20N4O4. The number of benzene rings is 1. The average molecular weight is 368 g/mol. The lowest BCUT2D eigenvalue weighted by molar-refractivity contribution is 0.251. The van der Waals surface area contributed by atoms with E-state index in [4.69, 9.17) is 14.0 Å². The average Bonchev–Trinajstić information content (AvgIpc) is 3.07. The molecule has 0 radical (unpaired) electrons. The van der Waals surface area contributed by atoms with Gasteiger partial charge < -0.3 is 19.3 Å². The van der Waals surface area contributed by atoms with Crippen molar-refractivity contribution in [1.29, 1.82) is 0 Å². The molecule has 3 aromatic rings. The molecule has 0 aliphatic rings. The fraction of sp³-hybridized carbons (Fsp3) is 0.211. The van der Waals surface area contributed by atoms with Crippen LogP contribution < -0.4 is 20.1 Å². The Bertz CT molecular complexity index is 893. The summed E-state index contributed by atoms with van der Waals surface area (Å²) in [4.78, 5) is 16.1. The zero-order valence-corrected chi connectivity index (χ0v) is 15.1. The van der Waals surface area contributed by atoms with Gasteiger partial charge in [-0.1, -0.05) is 23.4 Å². The first-order valence-electron chi connectivity index (χ1n) is 8.47. The van der Waals surface area contributed by atoms with Crippen LogP contribution in [0.25, 0.3) is 0 Å². The lowest BCUT2D eigenvalue weighted by Gasteiger charge is -2.11.